The molecule has 3 atom stereocenters. The maximum atomic E-state index is 12.5. The third kappa shape index (κ3) is 6.05. The van der Waals surface area contributed by atoms with Gasteiger partial charge in [0, 0.05) is 26.6 Å². The summed E-state index contributed by atoms with van der Waals surface area (Å²) in [6, 6.07) is -2.08. The van der Waals surface area contributed by atoms with Gasteiger partial charge in [-0.2, -0.15) is 0 Å². The normalized spacial score (nSPS) is 15.3. The van der Waals surface area contributed by atoms with E-state index in [4.69, 9.17) is 9.84 Å². The van der Waals surface area contributed by atoms with Gasteiger partial charge in [0.25, 0.3) is 0 Å². The summed E-state index contributed by atoms with van der Waals surface area (Å²) in [4.78, 5) is 38.0. The molecule has 0 saturated carbocycles. The molecule has 0 aliphatic rings. The average molecular weight is 332 g/mol. The van der Waals surface area contributed by atoms with Crippen LogP contribution < -0.4 is 0 Å². The van der Waals surface area contributed by atoms with Crippen LogP contribution in [0.1, 0.15) is 34.6 Å². The Morgan fingerprint density at radius 3 is 1.91 bits per heavy atom. The number of carbonyl (C=O) groups is 3. The van der Waals surface area contributed by atoms with Crippen molar-refractivity contribution in [1.29, 1.82) is 0 Å². The second-order valence-corrected chi connectivity index (χ2v) is 6.66. The molecule has 3 unspecified atom stereocenters. The molecule has 0 fully saturated rings. The first-order chi connectivity index (χ1) is 10.3. The quantitative estimate of drug-likeness (QED) is 0.744. The van der Waals surface area contributed by atoms with Crippen molar-refractivity contribution in [1.82, 2.24) is 9.80 Å². The predicted molar refractivity (Wildman–Crippen MR) is 83.9 cm³/mol. The van der Waals surface area contributed by atoms with Gasteiger partial charge in [0.15, 0.2) is 0 Å². The van der Waals surface area contributed by atoms with Crippen molar-refractivity contribution in [3.63, 3.8) is 0 Å². The van der Waals surface area contributed by atoms with E-state index in [1.54, 1.807) is 20.8 Å². The molecule has 0 saturated heterocycles. The van der Waals surface area contributed by atoms with E-state index in [0.717, 1.165) is 9.80 Å². The van der Waals surface area contributed by atoms with Crippen LogP contribution in [0.15, 0.2) is 0 Å². The van der Waals surface area contributed by atoms with E-state index in [2.05, 4.69) is 0 Å². The lowest BCUT2D eigenvalue weighted by Crippen LogP contribution is -2.54. The first-order valence-corrected chi connectivity index (χ1v) is 7.39. The highest BCUT2D eigenvalue weighted by Crippen LogP contribution is 2.15. The summed E-state index contributed by atoms with van der Waals surface area (Å²) < 4.78 is 5.19. The van der Waals surface area contributed by atoms with Crippen molar-refractivity contribution in [3.05, 3.63) is 0 Å². The Balaban J connectivity index is 5.12. The lowest BCUT2D eigenvalue weighted by atomic mass is 10.0. The number of carboxylic acids is 1. The molecule has 0 aliphatic heterocycles. The second kappa shape index (κ2) is 8.14. The fraction of sp³-hybridized carbons (Fsp3) is 0.800. The average Bonchev–Trinajstić information content (AvgIpc) is 2.42. The first kappa shape index (κ1) is 21.2. The first-order valence-electron chi connectivity index (χ1n) is 7.39. The van der Waals surface area contributed by atoms with Crippen molar-refractivity contribution in [2.45, 2.75) is 52.3 Å². The van der Waals surface area contributed by atoms with Gasteiger partial charge in [0.1, 0.15) is 17.7 Å². The van der Waals surface area contributed by atoms with Gasteiger partial charge in [-0.25, -0.2) is 9.59 Å². The van der Waals surface area contributed by atoms with Crippen LogP contribution in [0.2, 0.25) is 0 Å². The number of carbonyl (C=O) groups excluding carboxylic acids is 2. The molecule has 2 amide bonds. The molecule has 0 rings (SSSR count). The molecule has 0 heterocycles. The topological polar surface area (TPSA) is 107 Å². The largest absolute Gasteiger partial charge is 0.480 e. The van der Waals surface area contributed by atoms with Gasteiger partial charge in [-0.3, -0.25) is 9.69 Å². The SMILES string of the molecule is CC(CO)C(C(=O)O)N(C)C(=O)C(C)N(C)C(=O)OC(C)(C)C. The molecule has 8 nitrogen and oxygen atoms in total. The molecule has 0 spiro atoms. The predicted octanol–water partition coefficient (Wildman–Crippen LogP) is 0.782. The van der Waals surface area contributed by atoms with Gasteiger partial charge in [0.2, 0.25) is 5.91 Å². The fourth-order valence-electron chi connectivity index (χ4n) is 1.98. The number of carboxylic acid groups (broad SMARTS) is 1. The van der Waals surface area contributed by atoms with Crippen LogP contribution >= 0.6 is 0 Å². The lowest BCUT2D eigenvalue weighted by molar-refractivity contribution is -0.153. The number of aliphatic hydroxyl groups is 1. The third-order valence-corrected chi connectivity index (χ3v) is 3.46. The van der Waals surface area contributed by atoms with Crippen molar-refractivity contribution >= 4 is 18.0 Å². The molecule has 0 aromatic carbocycles. The minimum atomic E-state index is -1.21. The number of likely N-dealkylation sites (N-methyl/N-ethyl adjacent to an activating group) is 2. The second-order valence-electron chi connectivity index (χ2n) is 6.66. The minimum Gasteiger partial charge on any atom is -0.480 e. The molecule has 8 heteroatoms. The summed E-state index contributed by atoms with van der Waals surface area (Å²) >= 11 is 0. The van der Waals surface area contributed by atoms with Crippen molar-refractivity contribution < 1.29 is 29.3 Å². The lowest BCUT2D eigenvalue weighted by Gasteiger charge is -2.34. The molecule has 134 valence electrons. The maximum Gasteiger partial charge on any atom is 0.410 e. The molecule has 23 heavy (non-hydrogen) atoms. The highest BCUT2D eigenvalue weighted by molar-refractivity contribution is 5.89. The van der Waals surface area contributed by atoms with Gasteiger partial charge in [-0.1, -0.05) is 6.92 Å². The summed E-state index contributed by atoms with van der Waals surface area (Å²) in [5, 5.41) is 18.4. The number of hydrogen-bond donors (Lipinski definition) is 2. The van der Waals surface area contributed by atoms with Gasteiger partial charge >= 0.3 is 12.1 Å². The Labute approximate surface area is 137 Å². The Kier molecular flexibility index (Phi) is 7.50. The number of ether oxygens (including phenoxy) is 1. The van der Waals surface area contributed by atoms with Crippen LogP contribution in [0.3, 0.4) is 0 Å². The van der Waals surface area contributed by atoms with E-state index < -0.39 is 41.6 Å². The zero-order valence-corrected chi connectivity index (χ0v) is 14.9. The van der Waals surface area contributed by atoms with E-state index in [0.29, 0.717) is 0 Å². The summed E-state index contributed by atoms with van der Waals surface area (Å²) in [6.07, 6.45) is -0.672. The van der Waals surface area contributed by atoms with Crippen LogP contribution in [0, 0.1) is 5.92 Å². The Bertz CT molecular complexity index is 446. The minimum absolute atomic E-state index is 0.370. The molecule has 0 radical (unpaired) electrons. The van der Waals surface area contributed by atoms with Crippen molar-refractivity contribution in [3.8, 4) is 0 Å². The third-order valence-electron chi connectivity index (χ3n) is 3.46. The Hall–Kier alpha value is -1.83. The molecular formula is C15H28N2O6. The number of hydrogen-bond acceptors (Lipinski definition) is 5. The van der Waals surface area contributed by atoms with E-state index in [-0.39, 0.29) is 6.61 Å². The van der Waals surface area contributed by atoms with E-state index in [9.17, 15) is 19.5 Å². The van der Waals surface area contributed by atoms with Crippen LogP contribution in [0.5, 0.6) is 0 Å². The molecule has 0 bridgehead atoms. The number of aliphatic carboxylic acids is 1. The number of nitrogens with zero attached hydrogens (tertiary/aromatic N) is 2. The van der Waals surface area contributed by atoms with E-state index in [1.165, 1.54) is 27.9 Å². The zero-order valence-electron chi connectivity index (χ0n) is 14.9. The maximum absolute atomic E-state index is 12.5. The van der Waals surface area contributed by atoms with E-state index >= 15 is 0 Å². The smallest absolute Gasteiger partial charge is 0.410 e. The molecule has 0 aromatic heterocycles. The summed E-state index contributed by atoms with van der Waals surface area (Å²) in [7, 11) is 2.75. The monoisotopic (exact) mass is 332 g/mol. The molecule has 0 aromatic rings. The fourth-order valence-corrected chi connectivity index (χ4v) is 1.98. The summed E-state index contributed by atoms with van der Waals surface area (Å²) in [6.45, 7) is 7.78. The van der Waals surface area contributed by atoms with E-state index in [1.807, 2.05) is 0 Å². The van der Waals surface area contributed by atoms with Crippen LogP contribution in [-0.2, 0) is 14.3 Å². The summed E-state index contributed by atoms with van der Waals surface area (Å²) in [5.74, 6) is -2.40. The van der Waals surface area contributed by atoms with Gasteiger partial charge in [0.05, 0.1) is 0 Å². The molecular weight excluding hydrogens is 304 g/mol. The summed E-state index contributed by atoms with van der Waals surface area (Å²) in [5.41, 5.74) is -0.699. The van der Waals surface area contributed by atoms with Gasteiger partial charge in [-0.05, 0) is 27.7 Å². The molecule has 2 N–H and O–H groups in total. The van der Waals surface area contributed by atoms with Gasteiger partial charge < -0.3 is 19.8 Å². The van der Waals surface area contributed by atoms with Crippen molar-refractivity contribution in [2.75, 3.05) is 20.7 Å². The van der Waals surface area contributed by atoms with Crippen molar-refractivity contribution in [2.24, 2.45) is 5.92 Å². The van der Waals surface area contributed by atoms with Crippen LogP contribution in [-0.4, -0.2) is 76.4 Å². The number of rotatable bonds is 6. The Morgan fingerprint density at radius 1 is 1.09 bits per heavy atom. The Morgan fingerprint density at radius 2 is 1.57 bits per heavy atom. The number of amides is 2. The highest BCUT2D eigenvalue weighted by atomic mass is 16.6. The highest BCUT2D eigenvalue weighted by Gasteiger charge is 2.36. The number of aliphatic hydroxyl groups excluding tert-OH is 1. The van der Waals surface area contributed by atoms with Crippen LogP contribution in [0.25, 0.3) is 0 Å². The zero-order chi connectivity index (χ0) is 18.5. The van der Waals surface area contributed by atoms with Crippen LogP contribution in [0.4, 0.5) is 4.79 Å². The molecule has 0 aliphatic carbocycles. The standard InChI is InChI=1S/C15H28N2O6/c1-9(8-18)11(13(20)21)17(7)12(19)10(2)16(6)14(22)23-15(3,4)5/h9-11,18H,8H2,1-7H3,(H,20,21). The van der Waals surface area contributed by atoms with Gasteiger partial charge in [-0.15, -0.1) is 0 Å².